The first-order valence-corrected chi connectivity index (χ1v) is 7.54. The van der Waals surface area contributed by atoms with Gasteiger partial charge in [-0.25, -0.2) is 0 Å². The molecule has 126 valence electrons. The Labute approximate surface area is 132 Å². The summed E-state index contributed by atoms with van der Waals surface area (Å²) in [5.74, 6) is -1.08. The highest BCUT2D eigenvalue weighted by molar-refractivity contribution is 5.99. The van der Waals surface area contributed by atoms with Crippen LogP contribution in [0.4, 0.5) is 18.9 Å². The van der Waals surface area contributed by atoms with Crippen molar-refractivity contribution in [2.75, 3.05) is 18.4 Å². The van der Waals surface area contributed by atoms with Gasteiger partial charge < -0.3 is 10.2 Å². The smallest absolute Gasteiger partial charge is 0.343 e. The Kier molecular flexibility index (Phi) is 4.97. The number of nitrogens with one attached hydrogen (secondary N) is 1. The Morgan fingerprint density at radius 2 is 1.70 bits per heavy atom. The zero-order valence-corrected chi connectivity index (χ0v) is 13.0. The molecule has 7 heteroatoms. The molecule has 2 amide bonds. The van der Waals surface area contributed by atoms with Crippen molar-refractivity contribution in [2.24, 2.45) is 11.8 Å². The Hall–Kier alpha value is -2.05. The zero-order chi connectivity index (χ0) is 17.2. The first-order chi connectivity index (χ1) is 10.8. The summed E-state index contributed by atoms with van der Waals surface area (Å²) in [5, 5.41) is 2.57. The normalized spacial score (nSPS) is 20.0. The third kappa shape index (κ3) is 4.03. The highest BCUT2D eigenvalue weighted by atomic mass is 19.4. The molecule has 2 unspecified atom stereocenters. The lowest BCUT2D eigenvalue weighted by Gasteiger charge is -2.18. The molecule has 0 saturated heterocycles. The van der Waals surface area contributed by atoms with Crippen LogP contribution in [-0.2, 0) is 15.8 Å². The van der Waals surface area contributed by atoms with Gasteiger partial charge in [-0.05, 0) is 44.5 Å². The Morgan fingerprint density at radius 3 is 2.17 bits per heavy atom. The summed E-state index contributed by atoms with van der Waals surface area (Å²) < 4.78 is 37.4. The largest absolute Gasteiger partial charge is 0.416 e. The van der Waals surface area contributed by atoms with Gasteiger partial charge in [-0.15, -0.1) is 0 Å². The van der Waals surface area contributed by atoms with Gasteiger partial charge in [0.25, 0.3) is 0 Å². The van der Waals surface area contributed by atoms with Crippen molar-refractivity contribution in [2.45, 2.75) is 26.4 Å². The maximum Gasteiger partial charge on any atom is 0.416 e. The number of alkyl halides is 3. The standard InChI is InChI=1S/C16H19F3N2O2/c1-3-21(4-2)15(23)13-9-12(13)14(22)20-11-7-5-10(6-8-11)16(17,18)19/h5-8,12-13H,3-4,9H2,1-2H3,(H,20,22). The molecule has 0 bridgehead atoms. The van der Waals surface area contributed by atoms with Gasteiger partial charge in [-0.1, -0.05) is 0 Å². The number of benzene rings is 1. The number of anilines is 1. The highest BCUT2D eigenvalue weighted by Crippen LogP contribution is 2.41. The molecule has 0 aliphatic heterocycles. The van der Waals surface area contributed by atoms with E-state index in [0.29, 0.717) is 25.2 Å². The van der Waals surface area contributed by atoms with Gasteiger partial charge in [0.1, 0.15) is 0 Å². The first kappa shape index (κ1) is 17.3. The van der Waals surface area contributed by atoms with E-state index >= 15 is 0 Å². The summed E-state index contributed by atoms with van der Waals surface area (Å²) >= 11 is 0. The predicted molar refractivity (Wildman–Crippen MR) is 79.6 cm³/mol. The lowest BCUT2D eigenvalue weighted by Crippen LogP contribution is -2.33. The average Bonchev–Trinajstić information content (AvgIpc) is 3.28. The first-order valence-electron chi connectivity index (χ1n) is 7.54. The maximum atomic E-state index is 12.5. The van der Waals surface area contributed by atoms with Crippen LogP contribution in [0.2, 0.25) is 0 Å². The molecule has 1 saturated carbocycles. The van der Waals surface area contributed by atoms with Crippen LogP contribution in [0.3, 0.4) is 0 Å². The van der Waals surface area contributed by atoms with Crippen molar-refractivity contribution in [3.8, 4) is 0 Å². The SMILES string of the molecule is CCN(CC)C(=O)C1CC1C(=O)Nc1ccc(C(F)(F)F)cc1. The second-order valence-corrected chi connectivity index (χ2v) is 5.52. The molecule has 1 aromatic carbocycles. The van der Waals surface area contributed by atoms with Crippen molar-refractivity contribution in [1.82, 2.24) is 4.90 Å². The van der Waals surface area contributed by atoms with Crippen molar-refractivity contribution in [3.05, 3.63) is 29.8 Å². The van der Waals surface area contributed by atoms with Crippen LogP contribution in [0.25, 0.3) is 0 Å². The molecule has 1 aromatic rings. The third-order valence-electron chi connectivity index (χ3n) is 4.00. The number of halogens is 3. The molecule has 0 spiro atoms. The van der Waals surface area contributed by atoms with E-state index in [-0.39, 0.29) is 17.7 Å². The van der Waals surface area contributed by atoms with Crippen LogP contribution in [0.1, 0.15) is 25.8 Å². The molecule has 23 heavy (non-hydrogen) atoms. The van der Waals surface area contributed by atoms with Crippen LogP contribution in [-0.4, -0.2) is 29.8 Å². The third-order valence-corrected chi connectivity index (χ3v) is 4.00. The van der Waals surface area contributed by atoms with Gasteiger partial charge in [0.05, 0.1) is 17.4 Å². The molecular formula is C16H19F3N2O2. The fraction of sp³-hybridized carbons (Fsp3) is 0.500. The number of rotatable bonds is 5. The van der Waals surface area contributed by atoms with Crippen LogP contribution < -0.4 is 5.32 Å². The number of amides is 2. The van der Waals surface area contributed by atoms with E-state index in [9.17, 15) is 22.8 Å². The number of carbonyl (C=O) groups is 2. The second-order valence-electron chi connectivity index (χ2n) is 5.52. The van der Waals surface area contributed by atoms with Gasteiger partial charge in [-0.2, -0.15) is 13.2 Å². The van der Waals surface area contributed by atoms with Gasteiger partial charge in [-0.3, -0.25) is 9.59 Å². The Bertz CT molecular complexity index is 580. The molecule has 1 N–H and O–H groups in total. The summed E-state index contributed by atoms with van der Waals surface area (Å²) in [6.07, 6.45) is -3.91. The molecule has 2 rings (SSSR count). The lowest BCUT2D eigenvalue weighted by molar-refractivity contribution is -0.137. The quantitative estimate of drug-likeness (QED) is 0.903. The average molecular weight is 328 g/mol. The summed E-state index contributed by atoms with van der Waals surface area (Å²) in [6, 6.07) is 4.26. The molecule has 0 heterocycles. The molecule has 1 aliphatic rings. The fourth-order valence-electron chi connectivity index (χ4n) is 2.50. The Balaban J connectivity index is 1.93. The molecule has 1 aliphatic carbocycles. The number of nitrogens with zero attached hydrogens (tertiary/aromatic N) is 1. The van der Waals surface area contributed by atoms with Crippen molar-refractivity contribution >= 4 is 17.5 Å². The van der Waals surface area contributed by atoms with Gasteiger partial charge in [0, 0.05) is 18.8 Å². The van der Waals surface area contributed by atoms with E-state index < -0.39 is 17.7 Å². The number of hydrogen-bond acceptors (Lipinski definition) is 2. The molecule has 4 nitrogen and oxygen atoms in total. The maximum absolute atomic E-state index is 12.5. The lowest BCUT2D eigenvalue weighted by atomic mass is 10.2. The van der Waals surface area contributed by atoms with Crippen LogP contribution in [0.15, 0.2) is 24.3 Å². The number of hydrogen-bond donors (Lipinski definition) is 1. The molecule has 0 aromatic heterocycles. The highest BCUT2D eigenvalue weighted by Gasteiger charge is 2.49. The van der Waals surface area contributed by atoms with E-state index in [4.69, 9.17) is 0 Å². The van der Waals surface area contributed by atoms with Crippen molar-refractivity contribution < 1.29 is 22.8 Å². The topological polar surface area (TPSA) is 49.4 Å². The minimum atomic E-state index is -4.40. The summed E-state index contributed by atoms with van der Waals surface area (Å²) in [4.78, 5) is 25.9. The summed E-state index contributed by atoms with van der Waals surface area (Å²) in [5.41, 5.74) is -0.472. The van der Waals surface area contributed by atoms with Gasteiger partial charge >= 0.3 is 6.18 Å². The summed E-state index contributed by atoms with van der Waals surface area (Å²) in [7, 11) is 0. The van der Waals surface area contributed by atoms with E-state index in [2.05, 4.69) is 5.32 Å². The molecule has 2 atom stereocenters. The van der Waals surface area contributed by atoms with Crippen molar-refractivity contribution in [3.63, 3.8) is 0 Å². The number of carbonyl (C=O) groups excluding carboxylic acids is 2. The molecule has 0 radical (unpaired) electrons. The predicted octanol–water partition coefficient (Wildman–Crippen LogP) is 3.15. The molecule has 1 fully saturated rings. The van der Waals surface area contributed by atoms with E-state index in [1.807, 2.05) is 13.8 Å². The minimum absolute atomic E-state index is 0.0393. The Morgan fingerprint density at radius 1 is 1.13 bits per heavy atom. The van der Waals surface area contributed by atoms with Crippen molar-refractivity contribution in [1.29, 1.82) is 0 Å². The minimum Gasteiger partial charge on any atom is -0.343 e. The van der Waals surface area contributed by atoms with Crippen LogP contribution in [0.5, 0.6) is 0 Å². The van der Waals surface area contributed by atoms with E-state index in [1.165, 1.54) is 12.1 Å². The second kappa shape index (κ2) is 6.60. The summed E-state index contributed by atoms with van der Waals surface area (Å²) in [6.45, 7) is 4.94. The van der Waals surface area contributed by atoms with Crippen LogP contribution in [0, 0.1) is 11.8 Å². The van der Waals surface area contributed by atoms with E-state index in [0.717, 1.165) is 12.1 Å². The van der Waals surface area contributed by atoms with E-state index in [1.54, 1.807) is 4.90 Å². The van der Waals surface area contributed by atoms with Gasteiger partial charge in [0.15, 0.2) is 0 Å². The fourth-order valence-corrected chi connectivity index (χ4v) is 2.50. The monoisotopic (exact) mass is 328 g/mol. The van der Waals surface area contributed by atoms with Gasteiger partial charge in [0.2, 0.25) is 11.8 Å². The zero-order valence-electron chi connectivity index (χ0n) is 13.0. The van der Waals surface area contributed by atoms with Crippen LogP contribution >= 0.6 is 0 Å². The molecular weight excluding hydrogens is 309 g/mol.